The van der Waals surface area contributed by atoms with Gasteiger partial charge in [-0.3, -0.25) is 9.59 Å². The Morgan fingerprint density at radius 1 is 1.09 bits per heavy atom. The quantitative estimate of drug-likeness (QED) is 0.753. The molecule has 5 heteroatoms. The second-order valence-corrected chi connectivity index (χ2v) is 8.22. The molecule has 1 aromatic carbocycles. The number of halogens is 1. The van der Waals surface area contributed by atoms with E-state index in [0.717, 1.165) is 22.1 Å². The van der Waals surface area contributed by atoms with Crippen LogP contribution < -0.4 is 11.1 Å². The van der Waals surface area contributed by atoms with Gasteiger partial charge in [0.25, 0.3) is 0 Å². The molecule has 3 N–H and O–H groups in total. The zero-order chi connectivity index (χ0) is 15.5. The van der Waals surface area contributed by atoms with Crippen molar-refractivity contribution in [2.75, 3.05) is 5.32 Å². The van der Waals surface area contributed by atoms with Crippen molar-refractivity contribution in [3.63, 3.8) is 0 Å². The first-order valence-corrected chi connectivity index (χ1v) is 8.96. The summed E-state index contributed by atoms with van der Waals surface area (Å²) in [5.74, 6) is -0.144. The van der Waals surface area contributed by atoms with Crippen LogP contribution in [0.1, 0.15) is 25.7 Å². The zero-order valence-corrected chi connectivity index (χ0v) is 14.4. The van der Waals surface area contributed by atoms with Gasteiger partial charge in [0.2, 0.25) is 11.8 Å². The Kier molecular flexibility index (Phi) is 3.25. The van der Waals surface area contributed by atoms with E-state index in [1.54, 1.807) is 0 Å². The van der Waals surface area contributed by atoms with Crippen molar-refractivity contribution in [1.29, 1.82) is 0 Å². The molecule has 3 fully saturated rings. The second kappa shape index (κ2) is 4.94. The highest BCUT2D eigenvalue weighted by Crippen LogP contribution is 2.74. The number of carbonyl (C=O) groups is 2. The van der Waals surface area contributed by atoms with E-state index in [2.05, 4.69) is 27.9 Å². The molecule has 116 valence electrons. The van der Waals surface area contributed by atoms with Crippen LogP contribution >= 0.6 is 22.6 Å². The molecular formula is C17H19IN2O2. The normalized spacial score (nSPS) is 33.9. The largest absolute Gasteiger partial charge is 0.369 e. The molecule has 2 amide bonds. The third-order valence-electron chi connectivity index (χ3n) is 6.09. The lowest BCUT2D eigenvalue weighted by molar-refractivity contribution is -0.132. The van der Waals surface area contributed by atoms with E-state index in [1.165, 1.54) is 12.8 Å². The van der Waals surface area contributed by atoms with E-state index >= 15 is 0 Å². The minimum Gasteiger partial charge on any atom is -0.369 e. The van der Waals surface area contributed by atoms with Gasteiger partial charge in [-0.2, -0.15) is 0 Å². The number of nitrogens with one attached hydrogen (secondary N) is 1. The summed E-state index contributed by atoms with van der Waals surface area (Å²) in [6.07, 6.45) is 4.46. The molecule has 0 heterocycles. The predicted molar refractivity (Wildman–Crippen MR) is 91.8 cm³/mol. The van der Waals surface area contributed by atoms with Crippen molar-refractivity contribution in [2.45, 2.75) is 25.7 Å². The number of amides is 2. The number of anilines is 1. The molecule has 1 aromatic rings. The van der Waals surface area contributed by atoms with Crippen LogP contribution in [-0.4, -0.2) is 11.8 Å². The zero-order valence-electron chi connectivity index (χ0n) is 12.2. The Hall–Kier alpha value is -1.11. The van der Waals surface area contributed by atoms with Crippen LogP contribution in [0.5, 0.6) is 0 Å². The lowest BCUT2D eigenvalue weighted by Gasteiger charge is -2.27. The van der Waals surface area contributed by atoms with E-state index in [1.807, 2.05) is 24.3 Å². The van der Waals surface area contributed by atoms with Gasteiger partial charge in [-0.05, 0) is 89.8 Å². The van der Waals surface area contributed by atoms with E-state index < -0.39 is 0 Å². The first-order chi connectivity index (χ1) is 10.5. The van der Waals surface area contributed by atoms with E-state index in [9.17, 15) is 9.59 Å². The maximum atomic E-state index is 12.8. The number of benzene rings is 1. The molecule has 3 saturated carbocycles. The Labute approximate surface area is 143 Å². The lowest BCUT2D eigenvalue weighted by atomic mass is 9.78. The molecule has 1 spiro atoms. The average Bonchev–Trinajstić information content (AvgIpc) is 3.15. The summed E-state index contributed by atoms with van der Waals surface area (Å²) in [5, 5.41) is 3.00. The maximum Gasteiger partial charge on any atom is 0.228 e. The minimum absolute atomic E-state index is 0.0246. The average molecular weight is 410 g/mol. The Balaban J connectivity index is 1.59. The van der Waals surface area contributed by atoms with E-state index in [-0.39, 0.29) is 29.1 Å². The smallest absolute Gasteiger partial charge is 0.228 e. The summed E-state index contributed by atoms with van der Waals surface area (Å²) < 4.78 is 1.13. The van der Waals surface area contributed by atoms with Crippen molar-refractivity contribution in [1.82, 2.24) is 0 Å². The predicted octanol–water partition coefficient (Wildman–Crippen LogP) is 2.77. The molecule has 0 aromatic heterocycles. The molecule has 2 bridgehead atoms. The van der Waals surface area contributed by atoms with Crippen LogP contribution in [0.25, 0.3) is 0 Å². The summed E-state index contributed by atoms with van der Waals surface area (Å²) >= 11 is 2.23. The number of carbonyl (C=O) groups excluding carboxylic acids is 2. The van der Waals surface area contributed by atoms with Gasteiger partial charge in [0.05, 0.1) is 11.8 Å². The molecule has 4 rings (SSSR count). The monoisotopic (exact) mass is 410 g/mol. The fourth-order valence-corrected chi connectivity index (χ4v) is 5.51. The summed E-state index contributed by atoms with van der Waals surface area (Å²) in [4.78, 5) is 24.8. The van der Waals surface area contributed by atoms with Gasteiger partial charge in [0.1, 0.15) is 0 Å². The fourth-order valence-electron chi connectivity index (χ4n) is 5.15. The number of rotatable bonds is 3. The van der Waals surface area contributed by atoms with Gasteiger partial charge < -0.3 is 11.1 Å². The summed E-state index contributed by atoms with van der Waals surface area (Å²) in [6.45, 7) is 0. The molecule has 3 aliphatic carbocycles. The van der Waals surface area contributed by atoms with Crippen LogP contribution in [0, 0.1) is 32.7 Å². The molecule has 0 radical (unpaired) electrons. The highest BCUT2D eigenvalue weighted by atomic mass is 127. The number of primary amides is 1. The maximum absolute atomic E-state index is 12.8. The van der Waals surface area contributed by atoms with Crippen molar-refractivity contribution in [3.8, 4) is 0 Å². The van der Waals surface area contributed by atoms with Crippen LogP contribution in [-0.2, 0) is 9.59 Å². The lowest BCUT2D eigenvalue weighted by Crippen LogP contribution is -2.40. The van der Waals surface area contributed by atoms with Crippen LogP contribution in [0.4, 0.5) is 5.69 Å². The Morgan fingerprint density at radius 2 is 1.68 bits per heavy atom. The van der Waals surface area contributed by atoms with Gasteiger partial charge >= 0.3 is 0 Å². The molecule has 4 unspecified atom stereocenters. The van der Waals surface area contributed by atoms with Crippen LogP contribution in [0.3, 0.4) is 0 Å². The van der Waals surface area contributed by atoms with Crippen molar-refractivity contribution in [2.24, 2.45) is 34.8 Å². The first-order valence-electron chi connectivity index (χ1n) is 7.89. The van der Waals surface area contributed by atoms with Gasteiger partial charge in [-0.15, -0.1) is 0 Å². The highest BCUT2D eigenvalue weighted by molar-refractivity contribution is 14.1. The van der Waals surface area contributed by atoms with Crippen LogP contribution in [0.15, 0.2) is 24.3 Å². The number of nitrogens with two attached hydrogens (primary N) is 1. The highest BCUT2D eigenvalue weighted by Gasteiger charge is 2.71. The molecule has 4 nitrogen and oxygen atoms in total. The molecule has 0 aliphatic heterocycles. The van der Waals surface area contributed by atoms with Gasteiger partial charge in [-0.1, -0.05) is 0 Å². The second-order valence-electron chi connectivity index (χ2n) is 6.97. The molecule has 4 atom stereocenters. The summed E-state index contributed by atoms with van der Waals surface area (Å²) in [5.41, 5.74) is 6.71. The minimum atomic E-state index is -0.291. The number of hydrogen-bond acceptors (Lipinski definition) is 2. The summed E-state index contributed by atoms with van der Waals surface area (Å²) in [6, 6.07) is 7.73. The van der Waals surface area contributed by atoms with Crippen LogP contribution in [0.2, 0.25) is 0 Å². The van der Waals surface area contributed by atoms with Gasteiger partial charge in [-0.25, -0.2) is 0 Å². The van der Waals surface area contributed by atoms with Gasteiger partial charge in [0.15, 0.2) is 0 Å². The molecule has 3 aliphatic rings. The van der Waals surface area contributed by atoms with Gasteiger partial charge in [0, 0.05) is 9.26 Å². The van der Waals surface area contributed by atoms with E-state index in [4.69, 9.17) is 5.73 Å². The Morgan fingerprint density at radius 3 is 2.23 bits per heavy atom. The standard InChI is InChI=1S/C17H19IN2O2/c18-9-1-3-10(4-2-9)20-16(22)14-12-6-5-11(13(14)15(19)21)17(12)7-8-17/h1-4,11-14H,5-8H2,(H2,19,21)(H,20,22). The third kappa shape index (κ3) is 2.01. The van der Waals surface area contributed by atoms with Crippen molar-refractivity contribution in [3.05, 3.63) is 27.8 Å². The third-order valence-corrected chi connectivity index (χ3v) is 6.81. The summed E-state index contributed by atoms with van der Waals surface area (Å²) in [7, 11) is 0. The molecular weight excluding hydrogens is 391 g/mol. The first kappa shape index (κ1) is 14.5. The van der Waals surface area contributed by atoms with E-state index in [0.29, 0.717) is 11.8 Å². The SMILES string of the molecule is NC(=O)C1C(C(=O)Nc2ccc(I)cc2)C2CCC1C21CC1. The Bertz CT molecular complexity index is 639. The molecule has 22 heavy (non-hydrogen) atoms. The van der Waals surface area contributed by atoms with Crippen molar-refractivity contribution < 1.29 is 9.59 Å². The fraction of sp³-hybridized carbons (Fsp3) is 0.529. The number of hydrogen-bond donors (Lipinski definition) is 2. The van der Waals surface area contributed by atoms with Crippen molar-refractivity contribution >= 4 is 40.1 Å². The topological polar surface area (TPSA) is 72.2 Å². The molecule has 0 saturated heterocycles.